The molecule has 0 fully saturated rings. The lowest BCUT2D eigenvalue weighted by Gasteiger charge is -2.32. The van der Waals surface area contributed by atoms with Crippen LogP contribution in [0.5, 0.6) is 0 Å². The van der Waals surface area contributed by atoms with Crippen LogP contribution >= 0.6 is 0 Å². The monoisotopic (exact) mass is 711 g/mol. The van der Waals surface area contributed by atoms with Crippen LogP contribution in [0.4, 0.5) is 9.59 Å². The third kappa shape index (κ3) is 15.4. The minimum Gasteiger partial charge on any atom is -0.467 e. The van der Waals surface area contributed by atoms with Crippen molar-refractivity contribution >= 4 is 29.9 Å². The van der Waals surface area contributed by atoms with Crippen molar-refractivity contribution in [1.29, 1.82) is 0 Å². The first-order valence-corrected chi connectivity index (χ1v) is 17.4. The maximum Gasteiger partial charge on any atom is 0.407 e. The molecule has 0 saturated carbocycles. The van der Waals surface area contributed by atoms with Gasteiger partial charge in [-0.1, -0.05) is 88.4 Å². The molecule has 0 spiro atoms. The lowest BCUT2D eigenvalue weighted by atomic mass is 9.99. The number of nitrogens with zero attached hydrogens (tertiary/aromatic N) is 1. The first-order chi connectivity index (χ1) is 23.9. The molecule has 5 amide bonds. The van der Waals surface area contributed by atoms with Gasteiger partial charge in [0.2, 0.25) is 11.8 Å². The number of carbonyl (C=O) groups is 5. The number of benzene rings is 2. The predicted molar refractivity (Wildman–Crippen MR) is 194 cm³/mol. The van der Waals surface area contributed by atoms with E-state index in [1.54, 1.807) is 34.6 Å². The number of carbonyl (C=O) groups excluding carboxylic acids is 5. The zero-order chi connectivity index (χ0) is 38.3. The summed E-state index contributed by atoms with van der Waals surface area (Å²) in [5.41, 5.74) is 0.864. The minimum atomic E-state index is -1.24. The summed E-state index contributed by atoms with van der Waals surface area (Å²) in [5.74, 6) is -2.15. The molecule has 2 aromatic carbocycles. The largest absolute Gasteiger partial charge is 0.467 e. The van der Waals surface area contributed by atoms with E-state index in [9.17, 15) is 29.1 Å². The molecular formula is C38H57N5O8. The Balaban J connectivity index is 2.36. The maximum atomic E-state index is 14.1. The molecule has 0 aliphatic carbocycles. The molecule has 0 saturated heterocycles. The standard InChI is InChI=1S/C38H57N5O8/c1-24(2)20-30(33(45)42-32(25(3)4)34(46)39-26(5)35(47)50-9)40-36(48)43(22-28-18-14-11-15-19-28)23-31(44)29(21-27-16-12-10-13-17-27)41-37(49)51-38(6,7)8/h10-19,24-26,29-32,44H,20-23H2,1-9H3,(H,39,46)(H,40,48)(H,41,49)(H,42,45)/t26-,29-,30-,31+,32-/m0/s1. The summed E-state index contributed by atoms with van der Waals surface area (Å²) in [4.78, 5) is 67.0. The van der Waals surface area contributed by atoms with Crippen molar-refractivity contribution in [2.24, 2.45) is 11.8 Å². The van der Waals surface area contributed by atoms with Gasteiger partial charge in [-0.05, 0) is 63.5 Å². The highest BCUT2D eigenvalue weighted by atomic mass is 16.6. The first kappa shape index (κ1) is 42.5. The molecule has 13 heteroatoms. The third-order valence-corrected chi connectivity index (χ3v) is 7.86. The Morgan fingerprint density at radius 1 is 0.784 bits per heavy atom. The van der Waals surface area contributed by atoms with Gasteiger partial charge in [0, 0.05) is 6.54 Å². The number of amides is 5. The van der Waals surface area contributed by atoms with Crippen LogP contribution in [-0.2, 0) is 36.8 Å². The summed E-state index contributed by atoms with van der Waals surface area (Å²) in [6.07, 6.45) is -1.44. The van der Waals surface area contributed by atoms with Gasteiger partial charge in [0.1, 0.15) is 23.7 Å². The number of hydrogen-bond donors (Lipinski definition) is 5. The lowest BCUT2D eigenvalue weighted by molar-refractivity contribution is -0.145. The van der Waals surface area contributed by atoms with Crippen molar-refractivity contribution in [3.63, 3.8) is 0 Å². The summed E-state index contributed by atoms with van der Waals surface area (Å²) in [5, 5.41) is 22.6. The van der Waals surface area contributed by atoms with E-state index in [-0.39, 0.29) is 37.8 Å². The van der Waals surface area contributed by atoms with E-state index in [0.29, 0.717) is 0 Å². The highest BCUT2D eigenvalue weighted by Crippen LogP contribution is 2.15. The van der Waals surface area contributed by atoms with Crippen LogP contribution in [0.2, 0.25) is 0 Å². The van der Waals surface area contributed by atoms with Crippen LogP contribution in [0, 0.1) is 11.8 Å². The minimum absolute atomic E-state index is 0.0202. The Kier molecular flexibility index (Phi) is 16.9. The quantitative estimate of drug-likeness (QED) is 0.154. The molecule has 51 heavy (non-hydrogen) atoms. The fourth-order valence-corrected chi connectivity index (χ4v) is 5.26. The van der Waals surface area contributed by atoms with E-state index in [1.807, 2.05) is 74.5 Å². The summed E-state index contributed by atoms with van der Waals surface area (Å²) < 4.78 is 10.2. The summed E-state index contributed by atoms with van der Waals surface area (Å²) in [6, 6.07) is 14.1. The van der Waals surface area contributed by atoms with Gasteiger partial charge in [-0.3, -0.25) is 9.59 Å². The molecule has 0 aliphatic rings. The Hall–Kier alpha value is -4.65. The Morgan fingerprint density at radius 3 is 1.86 bits per heavy atom. The van der Waals surface area contributed by atoms with Gasteiger partial charge in [0.25, 0.3) is 0 Å². The van der Waals surface area contributed by atoms with Crippen LogP contribution in [0.1, 0.15) is 72.9 Å². The van der Waals surface area contributed by atoms with Crippen molar-refractivity contribution in [2.45, 2.75) is 111 Å². The Morgan fingerprint density at radius 2 is 1.35 bits per heavy atom. The van der Waals surface area contributed by atoms with Gasteiger partial charge < -0.3 is 40.7 Å². The predicted octanol–water partition coefficient (Wildman–Crippen LogP) is 3.93. The Bertz CT molecular complexity index is 1410. The second kappa shape index (κ2) is 20.3. The topological polar surface area (TPSA) is 175 Å². The van der Waals surface area contributed by atoms with Crippen molar-refractivity contribution in [1.82, 2.24) is 26.2 Å². The average molecular weight is 712 g/mol. The summed E-state index contributed by atoms with van der Waals surface area (Å²) in [7, 11) is 1.22. The first-order valence-electron chi connectivity index (χ1n) is 17.4. The molecule has 5 N–H and O–H groups in total. The number of esters is 1. The van der Waals surface area contributed by atoms with Gasteiger partial charge in [0.15, 0.2) is 0 Å². The summed E-state index contributed by atoms with van der Waals surface area (Å²) in [6.45, 7) is 13.9. The van der Waals surface area contributed by atoms with Crippen molar-refractivity contribution in [3.05, 3.63) is 71.8 Å². The highest BCUT2D eigenvalue weighted by molar-refractivity contribution is 5.93. The van der Waals surface area contributed by atoms with Gasteiger partial charge >= 0.3 is 18.1 Å². The van der Waals surface area contributed by atoms with E-state index < -0.39 is 65.8 Å². The van der Waals surface area contributed by atoms with E-state index >= 15 is 0 Å². The molecule has 2 rings (SSSR count). The van der Waals surface area contributed by atoms with Crippen molar-refractivity contribution in [3.8, 4) is 0 Å². The molecule has 0 bridgehead atoms. The third-order valence-electron chi connectivity index (χ3n) is 7.86. The zero-order valence-electron chi connectivity index (χ0n) is 31.4. The van der Waals surface area contributed by atoms with Crippen LogP contribution in [0.3, 0.4) is 0 Å². The maximum absolute atomic E-state index is 14.1. The second-order valence-corrected chi connectivity index (χ2v) is 14.5. The fraction of sp³-hybridized carbons (Fsp3) is 0.553. The second-order valence-electron chi connectivity index (χ2n) is 14.5. The van der Waals surface area contributed by atoms with Crippen LogP contribution in [0.15, 0.2) is 60.7 Å². The van der Waals surface area contributed by atoms with E-state index in [1.165, 1.54) is 18.9 Å². The molecular weight excluding hydrogens is 654 g/mol. The number of nitrogens with one attached hydrogen (secondary N) is 4. The van der Waals surface area contributed by atoms with Crippen LogP contribution in [-0.4, -0.2) is 89.4 Å². The van der Waals surface area contributed by atoms with Gasteiger partial charge in [-0.15, -0.1) is 0 Å². The van der Waals surface area contributed by atoms with Crippen LogP contribution < -0.4 is 21.3 Å². The molecule has 0 aliphatic heterocycles. The molecule has 2 aromatic rings. The van der Waals surface area contributed by atoms with Gasteiger partial charge in [-0.2, -0.15) is 0 Å². The molecule has 0 heterocycles. The number of aliphatic hydroxyl groups is 1. The fourth-order valence-electron chi connectivity index (χ4n) is 5.26. The SMILES string of the molecule is COC(=O)[C@H](C)NC(=O)[C@@H](NC(=O)[C@H](CC(C)C)NC(=O)N(Cc1ccccc1)C[C@@H](O)[C@H](Cc1ccccc1)NC(=O)OC(C)(C)C)C(C)C. The molecule has 282 valence electrons. The smallest absolute Gasteiger partial charge is 0.407 e. The number of alkyl carbamates (subject to hydrolysis) is 1. The molecule has 5 atom stereocenters. The average Bonchev–Trinajstić information content (AvgIpc) is 3.05. The molecule has 0 radical (unpaired) electrons. The lowest BCUT2D eigenvalue weighted by Crippen LogP contribution is -2.59. The Labute approximate surface area is 302 Å². The van der Waals surface area contributed by atoms with Crippen LogP contribution in [0.25, 0.3) is 0 Å². The number of urea groups is 1. The number of methoxy groups -OCH3 is 1. The molecule has 0 aromatic heterocycles. The molecule has 0 unspecified atom stereocenters. The normalized spacial score (nSPS) is 14.4. The molecule has 13 nitrogen and oxygen atoms in total. The van der Waals surface area contributed by atoms with Gasteiger partial charge in [0.05, 0.1) is 25.8 Å². The van der Waals surface area contributed by atoms with E-state index in [0.717, 1.165) is 11.1 Å². The summed E-state index contributed by atoms with van der Waals surface area (Å²) >= 11 is 0. The van der Waals surface area contributed by atoms with E-state index in [4.69, 9.17) is 9.47 Å². The van der Waals surface area contributed by atoms with Crippen molar-refractivity contribution < 1.29 is 38.6 Å². The number of aliphatic hydroxyl groups excluding tert-OH is 1. The van der Waals surface area contributed by atoms with Gasteiger partial charge in [-0.25, -0.2) is 14.4 Å². The number of hydrogen-bond acceptors (Lipinski definition) is 8. The number of rotatable bonds is 17. The van der Waals surface area contributed by atoms with Crippen molar-refractivity contribution in [2.75, 3.05) is 13.7 Å². The highest BCUT2D eigenvalue weighted by Gasteiger charge is 2.33. The zero-order valence-corrected chi connectivity index (χ0v) is 31.4. The number of ether oxygens (including phenoxy) is 2. The van der Waals surface area contributed by atoms with E-state index in [2.05, 4.69) is 21.3 Å².